The van der Waals surface area contributed by atoms with Crippen molar-refractivity contribution in [3.05, 3.63) is 77.6 Å². The van der Waals surface area contributed by atoms with Gasteiger partial charge < -0.3 is 10.2 Å². The second kappa shape index (κ2) is 8.43. The second-order valence-corrected chi connectivity index (χ2v) is 7.64. The Morgan fingerprint density at radius 2 is 1.79 bits per heavy atom. The number of benzene rings is 2. The Labute approximate surface area is 171 Å². The van der Waals surface area contributed by atoms with Crippen molar-refractivity contribution >= 4 is 11.7 Å². The number of carbonyl (C=O) groups is 1. The number of hydrogen-bond donors (Lipinski definition) is 1. The molecule has 5 heteroatoms. The van der Waals surface area contributed by atoms with Crippen molar-refractivity contribution in [1.82, 2.24) is 15.3 Å². The van der Waals surface area contributed by atoms with E-state index in [1.807, 2.05) is 37.3 Å². The van der Waals surface area contributed by atoms with Crippen molar-refractivity contribution in [2.75, 3.05) is 18.0 Å². The summed E-state index contributed by atoms with van der Waals surface area (Å²) in [5.41, 5.74) is 4.68. The lowest BCUT2D eigenvalue weighted by molar-refractivity contribution is 0.0940. The maximum atomic E-state index is 12.8. The number of amides is 1. The summed E-state index contributed by atoms with van der Waals surface area (Å²) >= 11 is 0. The van der Waals surface area contributed by atoms with Gasteiger partial charge in [-0.3, -0.25) is 4.79 Å². The first-order valence-electron chi connectivity index (χ1n) is 10.1. The molecule has 0 saturated carbocycles. The van der Waals surface area contributed by atoms with Crippen molar-refractivity contribution in [2.45, 2.75) is 32.7 Å². The molecule has 3 aromatic rings. The minimum Gasteiger partial charge on any atom is -0.357 e. The Morgan fingerprint density at radius 1 is 1.03 bits per heavy atom. The minimum atomic E-state index is -0.0891. The highest BCUT2D eigenvalue weighted by molar-refractivity contribution is 5.95. The molecule has 1 atom stereocenters. The smallest absolute Gasteiger partial charge is 0.251 e. The van der Waals surface area contributed by atoms with Crippen LogP contribution in [0.1, 0.15) is 47.3 Å². The number of carbonyl (C=O) groups excluding carboxylic acids is 1. The van der Waals surface area contributed by atoms with E-state index >= 15 is 0 Å². The second-order valence-electron chi connectivity index (χ2n) is 7.64. The third kappa shape index (κ3) is 4.45. The molecule has 148 valence electrons. The molecule has 1 aliphatic heterocycles. The number of rotatable bonds is 5. The molecule has 0 aliphatic carbocycles. The van der Waals surface area contributed by atoms with E-state index in [2.05, 4.69) is 51.4 Å². The molecule has 1 saturated heterocycles. The number of aromatic nitrogens is 2. The van der Waals surface area contributed by atoms with E-state index in [-0.39, 0.29) is 11.9 Å². The Kier molecular flexibility index (Phi) is 5.56. The van der Waals surface area contributed by atoms with Gasteiger partial charge in [-0.2, -0.15) is 0 Å². The topological polar surface area (TPSA) is 58.1 Å². The highest BCUT2D eigenvalue weighted by atomic mass is 16.1. The van der Waals surface area contributed by atoms with Crippen LogP contribution in [0.2, 0.25) is 0 Å². The molecule has 0 bridgehead atoms. The van der Waals surface area contributed by atoms with E-state index < -0.39 is 0 Å². The van der Waals surface area contributed by atoms with Crippen LogP contribution < -0.4 is 10.2 Å². The Bertz CT molecular complexity index is 994. The molecule has 1 aliphatic rings. The SMILES string of the molecule is Cc1ccc([C@@H](C)NC(=O)c2cccc(-c3cc(N4CCCC4)ncn3)c2)cc1. The molecular formula is C24H26N4O. The molecule has 1 aromatic heterocycles. The van der Waals surface area contributed by atoms with Gasteiger partial charge in [0.05, 0.1) is 11.7 Å². The predicted octanol–water partition coefficient (Wildman–Crippen LogP) is 4.54. The minimum absolute atomic E-state index is 0.0624. The van der Waals surface area contributed by atoms with E-state index in [4.69, 9.17) is 0 Å². The van der Waals surface area contributed by atoms with Crippen LogP contribution in [0.3, 0.4) is 0 Å². The Hall–Kier alpha value is -3.21. The number of hydrogen-bond acceptors (Lipinski definition) is 4. The van der Waals surface area contributed by atoms with Crippen LogP contribution >= 0.6 is 0 Å². The number of anilines is 1. The lowest BCUT2D eigenvalue weighted by Crippen LogP contribution is -2.26. The highest BCUT2D eigenvalue weighted by Gasteiger charge is 2.16. The van der Waals surface area contributed by atoms with Gasteiger partial charge in [-0.25, -0.2) is 9.97 Å². The maximum absolute atomic E-state index is 12.8. The van der Waals surface area contributed by atoms with Crippen LogP contribution in [0, 0.1) is 6.92 Å². The summed E-state index contributed by atoms with van der Waals surface area (Å²) in [5, 5.41) is 3.09. The first-order chi connectivity index (χ1) is 14.1. The van der Waals surface area contributed by atoms with Gasteiger partial charge in [0.2, 0.25) is 0 Å². The molecule has 1 N–H and O–H groups in total. The molecule has 4 rings (SSSR count). The van der Waals surface area contributed by atoms with Gasteiger partial charge in [0, 0.05) is 30.3 Å². The zero-order chi connectivity index (χ0) is 20.2. The van der Waals surface area contributed by atoms with Gasteiger partial charge in [0.15, 0.2) is 0 Å². The fourth-order valence-corrected chi connectivity index (χ4v) is 3.66. The number of aryl methyl sites for hydroxylation is 1. The fourth-order valence-electron chi connectivity index (χ4n) is 3.66. The van der Waals surface area contributed by atoms with Crippen LogP contribution in [0.5, 0.6) is 0 Å². The van der Waals surface area contributed by atoms with Gasteiger partial charge in [-0.15, -0.1) is 0 Å². The largest absolute Gasteiger partial charge is 0.357 e. The number of nitrogens with zero attached hydrogens (tertiary/aromatic N) is 3. The lowest BCUT2D eigenvalue weighted by Gasteiger charge is -2.17. The van der Waals surface area contributed by atoms with Gasteiger partial charge >= 0.3 is 0 Å². The summed E-state index contributed by atoms with van der Waals surface area (Å²) < 4.78 is 0. The standard InChI is InChI=1S/C24H26N4O/c1-17-8-10-19(11-9-17)18(2)27-24(29)21-7-5-6-20(14-21)22-15-23(26-16-25-22)28-12-3-4-13-28/h5-11,14-16,18H,3-4,12-13H2,1-2H3,(H,27,29)/t18-/m1/s1. The van der Waals surface area contributed by atoms with Gasteiger partial charge in [-0.05, 0) is 44.4 Å². The molecule has 29 heavy (non-hydrogen) atoms. The molecule has 0 radical (unpaired) electrons. The molecule has 2 heterocycles. The normalized spacial score (nSPS) is 14.6. The molecular weight excluding hydrogens is 360 g/mol. The summed E-state index contributed by atoms with van der Waals surface area (Å²) in [4.78, 5) is 23.9. The highest BCUT2D eigenvalue weighted by Crippen LogP contribution is 2.24. The zero-order valence-corrected chi connectivity index (χ0v) is 16.9. The third-order valence-corrected chi connectivity index (χ3v) is 5.43. The van der Waals surface area contributed by atoms with Crippen molar-refractivity contribution in [3.8, 4) is 11.3 Å². The zero-order valence-electron chi connectivity index (χ0n) is 16.9. The van der Waals surface area contributed by atoms with Crippen molar-refractivity contribution in [1.29, 1.82) is 0 Å². The average molecular weight is 386 g/mol. The van der Waals surface area contributed by atoms with Crippen molar-refractivity contribution < 1.29 is 4.79 Å². The summed E-state index contributed by atoms with van der Waals surface area (Å²) in [5.74, 6) is 0.865. The summed E-state index contributed by atoms with van der Waals surface area (Å²) in [6, 6.07) is 17.8. The quantitative estimate of drug-likeness (QED) is 0.699. The van der Waals surface area contributed by atoms with Crippen molar-refractivity contribution in [2.24, 2.45) is 0 Å². The molecule has 1 fully saturated rings. The average Bonchev–Trinajstić information content (AvgIpc) is 3.29. The molecule has 1 amide bonds. The third-order valence-electron chi connectivity index (χ3n) is 5.43. The maximum Gasteiger partial charge on any atom is 0.251 e. The summed E-state index contributed by atoms with van der Waals surface area (Å²) in [6.45, 7) is 6.13. The van der Waals surface area contributed by atoms with E-state index in [0.29, 0.717) is 5.56 Å². The van der Waals surface area contributed by atoms with Crippen molar-refractivity contribution in [3.63, 3.8) is 0 Å². The van der Waals surface area contributed by atoms with Crippen LogP contribution in [0.4, 0.5) is 5.82 Å². The number of nitrogens with one attached hydrogen (secondary N) is 1. The van der Waals surface area contributed by atoms with Gasteiger partial charge in [-0.1, -0.05) is 42.0 Å². The first-order valence-corrected chi connectivity index (χ1v) is 10.1. The Morgan fingerprint density at radius 3 is 2.55 bits per heavy atom. The molecule has 0 unspecified atom stereocenters. The summed E-state index contributed by atoms with van der Waals surface area (Å²) in [7, 11) is 0. The van der Waals surface area contributed by atoms with Crippen LogP contribution in [0.25, 0.3) is 11.3 Å². The monoisotopic (exact) mass is 386 g/mol. The van der Waals surface area contributed by atoms with E-state index in [1.165, 1.54) is 18.4 Å². The van der Waals surface area contributed by atoms with E-state index in [0.717, 1.165) is 35.7 Å². The predicted molar refractivity (Wildman–Crippen MR) is 116 cm³/mol. The van der Waals surface area contributed by atoms with E-state index in [1.54, 1.807) is 6.33 Å². The van der Waals surface area contributed by atoms with Crippen LogP contribution in [-0.2, 0) is 0 Å². The van der Waals surface area contributed by atoms with Gasteiger partial charge in [0.25, 0.3) is 5.91 Å². The Balaban J connectivity index is 1.51. The van der Waals surface area contributed by atoms with Crippen LogP contribution in [-0.4, -0.2) is 29.0 Å². The van der Waals surface area contributed by atoms with Gasteiger partial charge in [0.1, 0.15) is 12.1 Å². The summed E-state index contributed by atoms with van der Waals surface area (Å²) in [6.07, 6.45) is 4.01. The molecule has 5 nitrogen and oxygen atoms in total. The fraction of sp³-hybridized carbons (Fsp3) is 0.292. The van der Waals surface area contributed by atoms with Crippen LogP contribution in [0.15, 0.2) is 60.9 Å². The lowest BCUT2D eigenvalue weighted by atomic mass is 10.0. The molecule has 0 spiro atoms. The van der Waals surface area contributed by atoms with E-state index in [9.17, 15) is 4.79 Å². The first kappa shape index (κ1) is 19.1. The molecule has 2 aromatic carbocycles.